The smallest absolute Gasteiger partial charge is 0.410 e. The van der Waals surface area contributed by atoms with Gasteiger partial charge in [0, 0.05) is 19.6 Å². The van der Waals surface area contributed by atoms with Crippen molar-refractivity contribution in [2.75, 3.05) is 19.6 Å². The third-order valence-corrected chi connectivity index (χ3v) is 6.29. The van der Waals surface area contributed by atoms with E-state index >= 15 is 0 Å². The summed E-state index contributed by atoms with van der Waals surface area (Å²) >= 11 is 0. The van der Waals surface area contributed by atoms with Crippen LogP contribution in [0.5, 0.6) is 5.75 Å². The SMILES string of the molecule is Cc1noc(C)c1S(=O)(=O)NCC1CCN(C(=O)Oc2ccccc2)CC1. The summed E-state index contributed by atoms with van der Waals surface area (Å²) in [4.78, 5) is 13.9. The number of rotatable bonds is 5. The molecular formula is C18H23N3O5S. The van der Waals surface area contributed by atoms with Crippen molar-refractivity contribution < 1.29 is 22.5 Å². The number of hydrogen-bond donors (Lipinski definition) is 1. The van der Waals surface area contributed by atoms with Crippen LogP contribution in [-0.4, -0.2) is 44.2 Å². The van der Waals surface area contributed by atoms with Gasteiger partial charge in [-0.15, -0.1) is 0 Å². The fourth-order valence-corrected chi connectivity index (χ4v) is 4.57. The zero-order valence-electron chi connectivity index (χ0n) is 15.3. The quantitative estimate of drug-likeness (QED) is 0.837. The summed E-state index contributed by atoms with van der Waals surface area (Å²) in [6.07, 6.45) is 1.03. The molecule has 1 aromatic carbocycles. The number of para-hydroxylation sites is 1. The normalized spacial score (nSPS) is 15.7. The molecule has 9 heteroatoms. The number of benzene rings is 1. The summed E-state index contributed by atoms with van der Waals surface area (Å²) in [6.45, 7) is 4.55. The molecular weight excluding hydrogens is 370 g/mol. The highest BCUT2D eigenvalue weighted by Crippen LogP contribution is 2.21. The van der Waals surface area contributed by atoms with Crippen molar-refractivity contribution >= 4 is 16.1 Å². The predicted octanol–water partition coefficient (Wildman–Crippen LogP) is 2.48. The van der Waals surface area contributed by atoms with E-state index in [1.54, 1.807) is 43.0 Å². The molecule has 1 aliphatic rings. The first kappa shape index (κ1) is 19.4. The first-order valence-corrected chi connectivity index (χ1v) is 10.3. The van der Waals surface area contributed by atoms with Gasteiger partial charge in [0.25, 0.3) is 0 Å². The number of nitrogens with one attached hydrogen (secondary N) is 1. The number of carbonyl (C=O) groups is 1. The second kappa shape index (κ2) is 8.10. The fraction of sp³-hybridized carbons (Fsp3) is 0.444. The van der Waals surface area contributed by atoms with E-state index < -0.39 is 10.0 Å². The summed E-state index contributed by atoms with van der Waals surface area (Å²) in [6, 6.07) is 8.93. The molecule has 1 aromatic heterocycles. The monoisotopic (exact) mass is 393 g/mol. The molecule has 2 aromatic rings. The topological polar surface area (TPSA) is 102 Å². The highest BCUT2D eigenvalue weighted by molar-refractivity contribution is 7.89. The van der Waals surface area contributed by atoms with Crippen molar-refractivity contribution in [2.45, 2.75) is 31.6 Å². The number of ether oxygens (including phenoxy) is 1. The van der Waals surface area contributed by atoms with Gasteiger partial charge in [-0.3, -0.25) is 0 Å². The lowest BCUT2D eigenvalue weighted by atomic mass is 9.97. The van der Waals surface area contributed by atoms with Crippen LogP contribution in [0.4, 0.5) is 4.79 Å². The summed E-state index contributed by atoms with van der Waals surface area (Å²) in [7, 11) is -3.66. The maximum Gasteiger partial charge on any atom is 0.415 e. The zero-order chi connectivity index (χ0) is 19.4. The van der Waals surface area contributed by atoms with Crippen molar-refractivity contribution in [3.8, 4) is 5.75 Å². The third-order valence-electron chi connectivity index (χ3n) is 4.62. The van der Waals surface area contributed by atoms with Gasteiger partial charge in [0.15, 0.2) is 5.76 Å². The predicted molar refractivity (Wildman–Crippen MR) is 97.9 cm³/mol. The van der Waals surface area contributed by atoms with E-state index in [0.717, 1.165) is 0 Å². The minimum Gasteiger partial charge on any atom is -0.410 e. The van der Waals surface area contributed by atoms with Crippen LogP contribution >= 0.6 is 0 Å². The lowest BCUT2D eigenvalue weighted by molar-refractivity contribution is 0.131. The molecule has 146 valence electrons. The molecule has 1 saturated heterocycles. The Morgan fingerprint density at radius 3 is 2.52 bits per heavy atom. The molecule has 1 amide bonds. The Bertz CT molecular complexity index is 867. The maximum absolute atomic E-state index is 12.5. The van der Waals surface area contributed by atoms with Gasteiger partial charge in [0.05, 0.1) is 0 Å². The first-order valence-electron chi connectivity index (χ1n) is 8.81. The van der Waals surface area contributed by atoms with Gasteiger partial charge in [-0.25, -0.2) is 17.9 Å². The van der Waals surface area contributed by atoms with E-state index in [4.69, 9.17) is 9.26 Å². The van der Waals surface area contributed by atoms with Crippen LogP contribution in [0.15, 0.2) is 39.8 Å². The number of nitrogens with zero attached hydrogens (tertiary/aromatic N) is 2. The van der Waals surface area contributed by atoms with E-state index in [9.17, 15) is 13.2 Å². The average Bonchev–Trinajstić information content (AvgIpc) is 3.00. The number of hydrogen-bond acceptors (Lipinski definition) is 6. The molecule has 0 saturated carbocycles. The van der Waals surface area contributed by atoms with Crippen LogP contribution in [0.2, 0.25) is 0 Å². The fourth-order valence-electron chi connectivity index (χ4n) is 3.13. The van der Waals surface area contributed by atoms with Crippen LogP contribution in [0, 0.1) is 19.8 Å². The Hall–Kier alpha value is -2.39. The number of piperidine rings is 1. The molecule has 1 aliphatic heterocycles. The molecule has 0 spiro atoms. The van der Waals surface area contributed by atoms with Gasteiger partial charge in [-0.1, -0.05) is 23.4 Å². The molecule has 27 heavy (non-hydrogen) atoms. The molecule has 0 unspecified atom stereocenters. The number of sulfonamides is 1. The Kier molecular flexibility index (Phi) is 5.81. The number of likely N-dealkylation sites (tertiary alicyclic amines) is 1. The van der Waals surface area contributed by atoms with Crippen molar-refractivity contribution in [3.63, 3.8) is 0 Å². The molecule has 8 nitrogen and oxygen atoms in total. The van der Waals surface area contributed by atoms with Crippen molar-refractivity contribution in [2.24, 2.45) is 5.92 Å². The standard InChI is InChI=1S/C18H23N3O5S/c1-13-17(14(2)26-20-13)27(23,24)19-12-15-8-10-21(11-9-15)18(22)25-16-6-4-3-5-7-16/h3-7,15,19H,8-12H2,1-2H3. The number of aryl methyl sites for hydroxylation is 2. The highest BCUT2D eigenvalue weighted by Gasteiger charge is 2.28. The lowest BCUT2D eigenvalue weighted by Crippen LogP contribution is -2.42. The zero-order valence-corrected chi connectivity index (χ0v) is 16.2. The third kappa shape index (κ3) is 4.67. The molecule has 1 fully saturated rings. The van der Waals surface area contributed by atoms with Crippen LogP contribution < -0.4 is 9.46 Å². The van der Waals surface area contributed by atoms with Crippen LogP contribution in [0.25, 0.3) is 0 Å². The molecule has 0 atom stereocenters. The van der Waals surface area contributed by atoms with Gasteiger partial charge in [0.1, 0.15) is 16.3 Å². The van der Waals surface area contributed by atoms with Crippen molar-refractivity contribution in [1.82, 2.24) is 14.8 Å². The van der Waals surface area contributed by atoms with E-state index in [2.05, 4.69) is 9.88 Å². The molecule has 2 heterocycles. The van der Waals surface area contributed by atoms with E-state index in [-0.39, 0.29) is 22.7 Å². The Labute approximate surface area is 158 Å². The minimum atomic E-state index is -3.66. The van der Waals surface area contributed by atoms with Gasteiger partial charge in [-0.2, -0.15) is 0 Å². The second-order valence-electron chi connectivity index (χ2n) is 6.62. The molecule has 1 N–H and O–H groups in total. The average molecular weight is 393 g/mol. The van der Waals surface area contributed by atoms with Crippen LogP contribution in [-0.2, 0) is 10.0 Å². The van der Waals surface area contributed by atoms with Gasteiger partial charge < -0.3 is 14.2 Å². The number of carbonyl (C=O) groups excluding carboxylic acids is 1. The number of aromatic nitrogens is 1. The Morgan fingerprint density at radius 1 is 1.26 bits per heavy atom. The van der Waals surface area contributed by atoms with Crippen molar-refractivity contribution in [3.05, 3.63) is 41.8 Å². The molecule has 0 bridgehead atoms. The summed E-state index contributed by atoms with van der Waals surface area (Å²) in [5, 5.41) is 3.69. The summed E-state index contributed by atoms with van der Waals surface area (Å²) in [5.41, 5.74) is 0.346. The van der Waals surface area contributed by atoms with E-state index in [1.807, 2.05) is 6.07 Å². The van der Waals surface area contributed by atoms with Crippen LogP contribution in [0.3, 0.4) is 0 Å². The minimum absolute atomic E-state index is 0.103. The summed E-state index contributed by atoms with van der Waals surface area (Å²) in [5.74, 6) is 0.941. The van der Waals surface area contributed by atoms with Crippen LogP contribution in [0.1, 0.15) is 24.3 Å². The lowest BCUT2D eigenvalue weighted by Gasteiger charge is -2.31. The molecule has 0 radical (unpaired) electrons. The second-order valence-corrected chi connectivity index (χ2v) is 8.32. The first-order chi connectivity index (χ1) is 12.9. The Balaban J connectivity index is 1.49. The highest BCUT2D eigenvalue weighted by atomic mass is 32.2. The molecule has 0 aliphatic carbocycles. The van der Waals surface area contributed by atoms with E-state index in [1.165, 1.54) is 0 Å². The summed E-state index contributed by atoms with van der Waals surface area (Å²) < 4.78 is 37.8. The molecule has 3 rings (SSSR count). The largest absolute Gasteiger partial charge is 0.415 e. The maximum atomic E-state index is 12.5. The van der Waals surface area contributed by atoms with Crippen molar-refractivity contribution in [1.29, 1.82) is 0 Å². The van der Waals surface area contributed by atoms with Gasteiger partial charge in [0.2, 0.25) is 10.0 Å². The van der Waals surface area contributed by atoms with Gasteiger partial charge in [-0.05, 0) is 44.7 Å². The van der Waals surface area contributed by atoms with Gasteiger partial charge >= 0.3 is 6.09 Å². The Morgan fingerprint density at radius 2 is 1.93 bits per heavy atom. The van der Waals surface area contributed by atoms with E-state index in [0.29, 0.717) is 43.9 Å². The number of amides is 1.